The molecule has 0 aromatic heterocycles. The first kappa shape index (κ1) is 13.5. The average Bonchev–Trinajstić information content (AvgIpc) is 1.89. The average molecular weight is 162 g/mol. The van der Waals surface area contributed by atoms with E-state index in [0.717, 1.165) is 6.54 Å². The summed E-state index contributed by atoms with van der Waals surface area (Å²) in [4.78, 5) is 2.01. The van der Waals surface area contributed by atoms with Gasteiger partial charge in [-0.05, 0) is 40.9 Å². The van der Waals surface area contributed by atoms with Crippen LogP contribution in [0.1, 0.15) is 13.3 Å². The van der Waals surface area contributed by atoms with Crippen LogP contribution in [0.2, 0.25) is 0 Å². The predicted octanol–water partition coefficient (Wildman–Crippen LogP) is 0.132. The lowest BCUT2D eigenvalue weighted by Gasteiger charge is -1.99. The van der Waals surface area contributed by atoms with Gasteiger partial charge < -0.3 is 15.1 Å². The minimum absolute atomic E-state index is 0.0810. The Labute approximate surface area is 69.6 Å². The first-order valence-electron chi connectivity index (χ1n) is 3.77. The van der Waals surface area contributed by atoms with Crippen molar-refractivity contribution in [3.05, 3.63) is 6.92 Å². The van der Waals surface area contributed by atoms with E-state index in [0.29, 0.717) is 6.42 Å². The van der Waals surface area contributed by atoms with E-state index in [9.17, 15) is 0 Å². The maximum absolute atomic E-state index is 8.39. The summed E-state index contributed by atoms with van der Waals surface area (Å²) >= 11 is 0. The summed E-state index contributed by atoms with van der Waals surface area (Å²) in [5.41, 5.74) is 0. The van der Waals surface area contributed by atoms with Crippen molar-refractivity contribution in [2.45, 2.75) is 19.4 Å². The highest BCUT2D eigenvalue weighted by molar-refractivity contribution is 4.40. The molecular formula is C8H20NO2. The van der Waals surface area contributed by atoms with Gasteiger partial charge in [-0.3, -0.25) is 0 Å². The molecule has 0 aliphatic carbocycles. The molecule has 0 saturated carbocycles. The molecule has 0 aromatic rings. The monoisotopic (exact) mass is 162 g/mol. The molecule has 2 N–H and O–H groups in total. The minimum Gasteiger partial charge on any atom is -0.396 e. The molecule has 0 fully saturated rings. The van der Waals surface area contributed by atoms with Crippen molar-refractivity contribution in [1.82, 2.24) is 4.90 Å². The first-order chi connectivity index (χ1) is 5.04. The van der Waals surface area contributed by atoms with Gasteiger partial charge in [-0.15, -0.1) is 0 Å². The fourth-order valence-electron chi connectivity index (χ4n) is 0.187. The highest BCUT2D eigenvalue weighted by Gasteiger charge is 1.88. The summed E-state index contributed by atoms with van der Waals surface area (Å²) in [7, 11) is 3.99. The van der Waals surface area contributed by atoms with Gasteiger partial charge in [0, 0.05) is 6.61 Å². The molecule has 0 aromatic carbocycles. The smallest absolute Gasteiger partial charge is 0.0533 e. The molecule has 0 aliphatic rings. The fourth-order valence-corrected chi connectivity index (χ4v) is 0.187. The predicted molar refractivity (Wildman–Crippen MR) is 47.3 cm³/mol. The molecule has 0 amide bonds. The van der Waals surface area contributed by atoms with Crippen LogP contribution >= 0.6 is 0 Å². The number of nitrogens with zero attached hydrogens (tertiary/aromatic N) is 1. The Kier molecular flexibility index (Phi) is 12.1. The molecule has 1 unspecified atom stereocenters. The van der Waals surface area contributed by atoms with Crippen LogP contribution in [-0.4, -0.2) is 48.5 Å². The summed E-state index contributed by atoms with van der Waals surface area (Å²) in [5.74, 6) is 0. The second kappa shape index (κ2) is 9.88. The van der Waals surface area contributed by atoms with Crippen molar-refractivity contribution in [3.8, 4) is 0 Å². The zero-order chi connectivity index (χ0) is 9.28. The van der Waals surface area contributed by atoms with E-state index >= 15 is 0 Å². The normalized spacial score (nSPS) is 12.3. The lowest BCUT2D eigenvalue weighted by Crippen LogP contribution is -2.08. The first-order valence-corrected chi connectivity index (χ1v) is 3.77. The minimum atomic E-state index is -0.352. The standard InChI is InChI=1S/C4H10N.C4H10O2/c1-4-5(2)3;1-4(6)2-3-5/h1,4H2,2-3H3;4-6H,2-3H2,1H3. The van der Waals surface area contributed by atoms with Gasteiger partial charge in [-0.2, -0.15) is 0 Å². The maximum Gasteiger partial charge on any atom is 0.0533 e. The Morgan fingerprint density at radius 3 is 1.82 bits per heavy atom. The number of aliphatic hydroxyl groups is 2. The second-order valence-corrected chi connectivity index (χ2v) is 2.66. The van der Waals surface area contributed by atoms with Crippen LogP contribution in [0, 0.1) is 6.92 Å². The Morgan fingerprint density at radius 2 is 1.82 bits per heavy atom. The van der Waals surface area contributed by atoms with Crippen LogP contribution < -0.4 is 0 Å². The van der Waals surface area contributed by atoms with Crippen molar-refractivity contribution in [2.75, 3.05) is 27.2 Å². The molecule has 11 heavy (non-hydrogen) atoms. The maximum atomic E-state index is 8.39. The molecule has 3 heteroatoms. The summed E-state index contributed by atoms with van der Waals surface area (Å²) in [6.07, 6.45) is 0.134. The largest absolute Gasteiger partial charge is 0.396 e. The third kappa shape index (κ3) is 25.8. The topological polar surface area (TPSA) is 43.7 Å². The Morgan fingerprint density at radius 1 is 1.45 bits per heavy atom. The van der Waals surface area contributed by atoms with E-state index in [1.165, 1.54) is 0 Å². The van der Waals surface area contributed by atoms with Gasteiger partial charge in [0.1, 0.15) is 0 Å². The fraction of sp³-hybridized carbons (Fsp3) is 0.875. The van der Waals surface area contributed by atoms with Crippen LogP contribution in [0.25, 0.3) is 0 Å². The van der Waals surface area contributed by atoms with Crippen LogP contribution in [0.4, 0.5) is 0 Å². The third-order valence-electron chi connectivity index (χ3n) is 0.994. The summed E-state index contributed by atoms with van der Waals surface area (Å²) in [6.45, 7) is 6.23. The van der Waals surface area contributed by atoms with Gasteiger partial charge in [0.15, 0.2) is 0 Å². The SMILES string of the molecule is CC(O)CCO.[CH2]CN(C)C. The zero-order valence-corrected chi connectivity index (χ0v) is 7.75. The van der Waals surface area contributed by atoms with Gasteiger partial charge in [0.05, 0.1) is 6.10 Å². The molecule has 0 bridgehead atoms. The van der Waals surface area contributed by atoms with E-state index in [2.05, 4.69) is 6.92 Å². The zero-order valence-electron chi connectivity index (χ0n) is 7.75. The number of hydrogen-bond donors (Lipinski definition) is 2. The lowest BCUT2D eigenvalue weighted by atomic mass is 10.3. The molecule has 0 spiro atoms. The molecule has 1 radical (unpaired) electrons. The summed E-state index contributed by atoms with van der Waals surface area (Å²) in [6, 6.07) is 0. The van der Waals surface area contributed by atoms with Crippen LogP contribution in [0.15, 0.2) is 0 Å². The van der Waals surface area contributed by atoms with Crippen molar-refractivity contribution in [1.29, 1.82) is 0 Å². The molecule has 69 valence electrons. The number of rotatable bonds is 3. The van der Waals surface area contributed by atoms with Gasteiger partial charge >= 0.3 is 0 Å². The van der Waals surface area contributed by atoms with Crippen molar-refractivity contribution in [2.24, 2.45) is 0 Å². The lowest BCUT2D eigenvalue weighted by molar-refractivity contribution is 0.148. The van der Waals surface area contributed by atoms with E-state index in [1.807, 2.05) is 19.0 Å². The highest BCUT2D eigenvalue weighted by Crippen LogP contribution is 1.83. The van der Waals surface area contributed by atoms with Crippen LogP contribution in [0.3, 0.4) is 0 Å². The summed E-state index contributed by atoms with van der Waals surface area (Å²) < 4.78 is 0. The number of aliphatic hydroxyl groups excluding tert-OH is 2. The van der Waals surface area contributed by atoms with E-state index in [4.69, 9.17) is 10.2 Å². The van der Waals surface area contributed by atoms with E-state index < -0.39 is 0 Å². The summed E-state index contributed by atoms with van der Waals surface area (Å²) in [5, 5.41) is 16.5. The highest BCUT2D eigenvalue weighted by atomic mass is 16.3. The van der Waals surface area contributed by atoms with E-state index in [-0.39, 0.29) is 12.7 Å². The Bertz CT molecular complexity index is 65.1. The van der Waals surface area contributed by atoms with Crippen molar-refractivity contribution in [3.63, 3.8) is 0 Å². The molecule has 0 saturated heterocycles. The quantitative estimate of drug-likeness (QED) is 0.620. The molecule has 0 heterocycles. The van der Waals surface area contributed by atoms with E-state index in [1.54, 1.807) is 6.92 Å². The second-order valence-electron chi connectivity index (χ2n) is 2.66. The van der Waals surface area contributed by atoms with Gasteiger partial charge in [0.2, 0.25) is 0 Å². The molecule has 0 aliphatic heterocycles. The van der Waals surface area contributed by atoms with Crippen molar-refractivity contribution >= 4 is 0 Å². The van der Waals surface area contributed by atoms with Crippen LogP contribution in [0.5, 0.6) is 0 Å². The van der Waals surface area contributed by atoms with Gasteiger partial charge in [-0.1, -0.05) is 0 Å². The van der Waals surface area contributed by atoms with Gasteiger partial charge in [-0.25, -0.2) is 0 Å². The molecule has 1 atom stereocenters. The Hall–Kier alpha value is -0.120. The Balaban J connectivity index is 0. The van der Waals surface area contributed by atoms with Crippen molar-refractivity contribution < 1.29 is 10.2 Å². The molecule has 0 rings (SSSR count). The number of hydrogen-bond acceptors (Lipinski definition) is 3. The molecular weight excluding hydrogens is 142 g/mol. The van der Waals surface area contributed by atoms with Crippen LogP contribution in [-0.2, 0) is 0 Å². The third-order valence-corrected chi connectivity index (χ3v) is 0.994. The molecule has 3 nitrogen and oxygen atoms in total. The van der Waals surface area contributed by atoms with Gasteiger partial charge in [0.25, 0.3) is 0 Å².